The van der Waals surface area contributed by atoms with E-state index in [9.17, 15) is 0 Å². The van der Waals surface area contributed by atoms with Gasteiger partial charge in [0.15, 0.2) is 0 Å². The van der Waals surface area contributed by atoms with Gasteiger partial charge < -0.3 is 20.5 Å². The summed E-state index contributed by atoms with van der Waals surface area (Å²) in [6.45, 7) is 2.26. The summed E-state index contributed by atoms with van der Waals surface area (Å²) in [6, 6.07) is 10.2. The van der Waals surface area contributed by atoms with Crippen LogP contribution < -0.4 is 11.1 Å². The van der Waals surface area contributed by atoms with Gasteiger partial charge in [-0.2, -0.15) is 0 Å². The van der Waals surface area contributed by atoms with Crippen LogP contribution in [0.1, 0.15) is 18.0 Å². The lowest BCUT2D eigenvalue weighted by molar-refractivity contribution is 0.0290. The van der Waals surface area contributed by atoms with Crippen LogP contribution >= 0.6 is 0 Å². The van der Waals surface area contributed by atoms with Crippen LogP contribution in [0, 0.1) is 0 Å². The third-order valence-electron chi connectivity index (χ3n) is 2.92. The molecule has 2 unspecified atom stereocenters. The molecule has 0 saturated carbocycles. The highest BCUT2D eigenvalue weighted by Gasteiger charge is 2.07. The molecule has 0 spiro atoms. The van der Waals surface area contributed by atoms with Crippen LogP contribution in [0.5, 0.6) is 0 Å². The predicted octanol–water partition coefficient (Wildman–Crippen LogP) is 1.33. The molecule has 18 heavy (non-hydrogen) atoms. The second-order valence-corrected chi connectivity index (χ2v) is 4.32. The molecule has 102 valence electrons. The Hall–Kier alpha value is -0.940. The minimum atomic E-state index is 0.0853. The number of nitrogens with two attached hydrogens (primary N) is 1. The Balaban J connectivity index is 2.18. The van der Waals surface area contributed by atoms with Gasteiger partial charge in [-0.1, -0.05) is 30.3 Å². The number of ether oxygens (including phenoxy) is 2. The van der Waals surface area contributed by atoms with E-state index in [1.807, 2.05) is 18.2 Å². The molecule has 0 fully saturated rings. The Morgan fingerprint density at radius 2 is 1.94 bits per heavy atom. The predicted molar refractivity (Wildman–Crippen MR) is 73.5 cm³/mol. The molecule has 0 amide bonds. The van der Waals surface area contributed by atoms with Crippen LogP contribution in [-0.2, 0) is 9.47 Å². The second kappa shape index (κ2) is 9.05. The van der Waals surface area contributed by atoms with Gasteiger partial charge in [-0.15, -0.1) is 0 Å². The molecule has 3 N–H and O–H groups in total. The summed E-state index contributed by atoms with van der Waals surface area (Å²) in [5, 5.41) is 3.34. The molecular weight excluding hydrogens is 228 g/mol. The summed E-state index contributed by atoms with van der Waals surface area (Å²) in [6.07, 6.45) is 1.01. The largest absolute Gasteiger partial charge is 0.382 e. The van der Waals surface area contributed by atoms with Gasteiger partial charge in [0.05, 0.1) is 12.7 Å². The molecule has 0 bridgehead atoms. The van der Waals surface area contributed by atoms with E-state index in [2.05, 4.69) is 17.4 Å². The SMILES string of the molecule is COCC(CNCCC(N)c1ccccc1)OC. The van der Waals surface area contributed by atoms with Gasteiger partial charge in [0, 0.05) is 26.8 Å². The maximum atomic E-state index is 6.11. The highest BCUT2D eigenvalue weighted by molar-refractivity contribution is 5.18. The number of rotatable bonds is 9. The first-order valence-electron chi connectivity index (χ1n) is 6.31. The summed E-state index contributed by atoms with van der Waals surface area (Å²) < 4.78 is 10.3. The quantitative estimate of drug-likeness (QED) is 0.651. The van der Waals surface area contributed by atoms with Crippen molar-refractivity contribution >= 4 is 0 Å². The van der Waals surface area contributed by atoms with Gasteiger partial charge in [-0.3, -0.25) is 0 Å². The average molecular weight is 252 g/mol. The second-order valence-electron chi connectivity index (χ2n) is 4.32. The fourth-order valence-corrected chi connectivity index (χ4v) is 1.78. The first-order chi connectivity index (χ1) is 8.77. The Bertz CT molecular complexity index is 306. The van der Waals surface area contributed by atoms with E-state index in [1.165, 1.54) is 5.56 Å². The Morgan fingerprint density at radius 3 is 2.56 bits per heavy atom. The Kier molecular flexibility index (Phi) is 7.60. The zero-order valence-corrected chi connectivity index (χ0v) is 11.3. The lowest BCUT2D eigenvalue weighted by Gasteiger charge is -2.16. The smallest absolute Gasteiger partial charge is 0.0928 e. The Morgan fingerprint density at radius 1 is 1.22 bits per heavy atom. The van der Waals surface area contributed by atoms with Crippen LogP contribution in [0.3, 0.4) is 0 Å². The lowest BCUT2D eigenvalue weighted by Crippen LogP contribution is -2.33. The number of hydrogen-bond donors (Lipinski definition) is 2. The molecule has 0 aliphatic carbocycles. The summed E-state index contributed by atoms with van der Waals surface area (Å²) in [5.41, 5.74) is 7.29. The maximum absolute atomic E-state index is 6.11. The molecule has 1 aromatic rings. The number of hydrogen-bond acceptors (Lipinski definition) is 4. The summed E-state index contributed by atoms with van der Waals surface area (Å²) >= 11 is 0. The lowest BCUT2D eigenvalue weighted by atomic mass is 10.1. The minimum Gasteiger partial charge on any atom is -0.382 e. The summed E-state index contributed by atoms with van der Waals surface area (Å²) in [4.78, 5) is 0. The topological polar surface area (TPSA) is 56.5 Å². The fourth-order valence-electron chi connectivity index (χ4n) is 1.78. The molecule has 4 nitrogen and oxygen atoms in total. The van der Waals surface area contributed by atoms with Crippen molar-refractivity contribution in [3.63, 3.8) is 0 Å². The monoisotopic (exact) mass is 252 g/mol. The van der Waals surface area contributed by atoms with Crippen molar-refractivity contribution in [1.29, 1.82) is 0 Å². The first kappa shape index (κ1) is 15.1. The number of benzene rings is 1. The molecule has 0 aliphatic rings. The van der Waals surface area contributed by atoms with E-state index in [1.54, 1.807) is 14.2 Å². The van der Waals surface area contributed by atoms with Crippen molar-refractivity contribution in [2.75, 3.05) is 33.9 Å². The average Bonchev–Trinajstić information content (AvgIpc) is 2.43. The zero-order chi connectivity index (χ0) is 13.2. The van der Waals surface area contributed by atoms with Gasteiger partial charge in [0.1, 0.15) is 0 Å². The van der Waals surface area contributed by atoms with E-state index in [0.29, 0.717) is 6.61 Å². The van der Waals surface area contributed by atoms with Gasteiger partial charge in [-0.05, 0) is 18.5 Å². The van der Waals surface area contributed by atoms with Crippen molar-refractivity contribution in [3.05, 3.63) is 35.9 Å². The highest BCUT2D eigenvalue weighted by Crippen LogP contribution is 2.12. The number of methoxy groups -OCH3 is 2. The van der Waals surface area contributed by atoms with Crippen LogP contribution in [0.15, 0.2) is 30.3 Å². The maximum Gasteiger partial charge on any atom is 0.0928 e. The van der Waals surface area contributed by atoms with Crippen molar-refractivity contribution in [2.24, 2.45) is 5.73 Å². The van der Waals surface area contributed by atoms with Gasteiger partial charge in [0.2, 0.25) is 0 Å². The Labute approximate surface area is 109 Å². The highest BCUT2D eigenvalue weighted by atomic mass is 16.5. The molecule has 0 radical (unpaired) electrons. The van der Waals surface area contributed by atoms with Gasteiger partial charge in [-0.25, -0.2) is 0 Å². The molecule has 2 atom stereocenters. The molecule has 1 rings (SSSR count). The molecule has 1 aromatic carbocycles. The minimum absolute atomic E-state index is 0.0853. The van der Waals surface area contributed by atoms with Gasteiger partial charge in [0.25, 0.3) is 0 Å². The van der Waals surface area contributed by atoms with E-state index < -0.39 is 0 Å². The van der Waals surface area contributed by atoms with Gasteiger partial charge >= 0.3 is 0 Å². The third kappa shape index (κ3) is 5.60. The molecular formula is C14H24N2O2. The molecule has 0 saturated heterocycles. The van der Waals surface area contributed by atoms with Crippen molar-refractivity contribution < 1.29 is 9.47 Å². The zero-order valence-electron chi connectivity index (χ0n) is 11.3. The summed E-state index contributed by atoms with van der Waals surface area (Å²) in [7, 11) is 3.37. The number of nitrogens with one attached hydrogen (secondary N) is 1. The fraction of sp³-hybridized carbons (Fsp3) is 0.571. The van der Waals surface area contributed by atoms with Crippen LogP contribution in [0.25, 0.3) is 0 Å². The molecule has 4 heteroatoms. The first-order valence-corrected chi connectivity index (χ1v) is 6.31. The normalized spacial score (nSPS) is 14.4. The van der Waals surface area contributed by atoms with Crippen LogP contribution in [0.2, 0.25) is 0 Å². The molecule has 0 aromatic heterocycles. The van der Waals surface area contributed by atoms with E-state index in [0.717, 1.165) is 19.5 Å². The van der Waals surface area contributed by atoms with Crippen molar-refractivity contribution in [1.82, 2.24) is 5.32 Å². The van der Waals surface area contributed by atoms with Crippen LogP contribution in [0.4, 0.5) is 0 Å². The van der Waals surface area contributed by atoms with E-state index in [-0.39, 0.29) is 12.1 Å². The van der Waals surface area contributed by atoms with Crippen molar-refractivity contribution in [3.8, 4) is 0 Å². The van der Waals surface area contributed by atoms with Crippen LogP contribution in [-0.4, -0.2) is 40.0 Å². The van der Waals surface area contributed by atoms with Crippen molar-refractivity contribution in [2.45, 2.75) is 18.6 Å². The summed E-state index contributed by atoms with van der Waals surface area (Å²) in [5.74, 6) is 0. The molecule has 0 aliphatic heterocycles. The van der Waals surface area contributed by atoms with E-state index in [4.69, 9.17) is 15.2 Å². The standard InChI is InChI=1S/C14H24N2O2/c1-17-11-13(18-2)10-16-9-8-14(15)12-6-4-3-5-7-12/h3-7,13-14,16H,8-11,15H2,1-2H3. The third-order valence-corrected chi connectivity index (χ3v) is 2.92. The molecule has 0 heterocycles. The van der Waals surface area contributed by atoms with E-state index >= 15 is 0 Å².